The fourth-order valence-electron chi connectivity index (χ4n) is 2.42. The molecule has 0 aromatic carbocycles. The summed E-state index contributed by atoms with van der Waals surface area (Å²) in [6.07, 6.45) is 1.85. The summed E-state index contributed by atoms with van der Waals surface area (Å²) < 4.78 is 0. The van der Waals surface area contributed by atoms with Crippen molar-refractivity contribution in [3.8, 4) is 0 Å². The van der Waals surface area contributed by atoms with E-state index in [0.29, 0.717) is 12.8 Å². The van der Waals surface area contributed by atoms with Gasteiger partial charge >= 0.3 is 11.9 Å². The number of carboxylic acids is 2. The van der Waals surface area contributed by atoms with Gasteiger partial charge in [-0.25, -0.2) is 0 Å². The zero-order valence-corrected chi connectivity index (χ0v) is 10.5. The molecule has 6 heteroatoms. The second-order valence-corrected chi connectivity index (χ2v) is 4.87. The molecule has 0 aromatic rings. The smallest absolute Gasteiger partial charge is 0.325 e. The maximum atomic E-state index is 11.9. The summed E-state index contributed by atoms with van der Waals surface area (Å²) in [6, 6.07) is -0.993. The van der Waals surface area contributed by atoms with Gasteiger partial charge < -0.3 is 15.5 Å². The van der Waals surface area contributed by atoms with Crippen LogP contribution in [0.1, 0.15) is 33.1 Å². The van der Waals surface area contributed by atoms with Crippen LogP contribution in [0.4, 0.5) is 0 Å². The van der Waals surface area contributed by atoms with Crippen LogP contribution in [0.3, 0.4) is 0 Å². The molecule has 1 aliphatic carbocycles. The number of rotatable bonds is 5. The molecular formula is C12H19NO5. The summed E-state index contributed by atoms with van der Waals surface area (Å²) >= 11 is 0. The number of aliphatic carboxylic acids is 2. The predicted octanol–water partition coefficient (Wildman–Crippen LogP) is 0.713. The Labute approximate surface area is 105 Å². The number of carbonyl (C=O) groups is 3. The van der Waals surface area contributed by atoms with Crippen LogP contribution in [0.2, 0.25) is 0 Å². The minimum Gasteiger partial charge on any atom is -0.481 e. The minimum atomic E-state index is -1.12. The second kappa shape index (κ2) is 5.84. The van der Waals surface area contributed by atoms with E-state index in [2.05, 4.69) is 5.32 Å². The summed E-state index contributed by atoms with van der Waals surface area (Å²) in [4.78, 5) is 33.7. The molecule has 0 aliphatic heterocycles. The van der Waals surface area contributed by atoms with Crippen LogP contribution in [-0.2, 0) is 14.4 Å². The van der Waals surface area contributed by atoms with E-state index in [0.717, 1.165) is 6.42 Å². The van der Waals surface area contributed by atoms with Crippen molar-refractivity contribution in [2.24, 2.45) is 17.8 Å². The van der Waals surface area contributed by atoms with Crippen molar-refractivity contribution in [2.75, 3.05) is 0 Å². The molecule has 1 aliphatic rings. The Hall–Kier alpha value is -1.59. The largest absolute Gasteiger partial charge is 0.481 e. The number of hydrogen-bond donors (Lipinski definition) is 3. The average Bonchev–Trinajstić information content (AvgIpc) is 2.72. The van der Waals surface area contributed by atoms with Gasteiger partial charge in [-0.3, -0.25) is 14.4 Å². The molecule has 0 bridgehead atoms. The van der Waals surface area contributed by atoms with Gasteiger partial charge in [-0.05, 0) is 25.7 Å². The molecule has 4 atom stereocenters. The van der Waals surface area contributed by atoms with Crippen LogP contribution in [0.15, 0.2) is 0 Å². The van der Waals surface area contributed by atoms with Crippen molar-refractivity contribution in [1.29, 1.82) is 0 Å². The Morgan fingerprint density at radius 2 is 1.78 bits per heavy atom. The normalized spacial score (nSPS) is 28.7. The molecule has 0 spiro atoms. The first-order chi connectivity index (χ1) is 8.36. The van der Waals surface area contributed by atoms with Gasteiger partial charge in [0.25, 0.3) is 0 Å². The lowest BCUT2D eigenvalue weighted by Crippen LogP contribution is -2.43. The molecule has 1 rings (SSSR count). The van der Waals surface area contributed by atoms with Crippen LogP contribution >= 0.6 is 0 Å². The maximum absolute atomic E-state index is 11.9. The molecular weight excluding hydrogens is 238 g/mol. The lowest BCUT2D eigenvalue weighted by molar-refractivity contribution is -0.147. The van der Waals surface area contributed by atoms with Crippen molar-refractivity contribution >= 4 is 17.8 Å². The predicted molar refractivity (Wildman–Crippen MR) is 62.9 cm³/mol. The maximum Gasteiger partial charge on any atom is 0.325 e. The molecule has 6 nitrogen and oxygen atoms in total. The third kappa shape index (κ3) is 3.21. The van der Waals surface area contributed by atoms with Gasteiger partial charge in [0.15, 0.2) is 0 Å². The zero-order valence-electron chi connectivity index (χ0n) is 10.5. The fraction of sp³-hybridized carbons (Fsp3) is 0.750. The van der Waals surface area contributed by atoms with E-state index in [9.17, 15) is 14.4 Å². The van der Waals surface area contributed by atoms with Gasteiger partial charge in [-0.1, -0.05) is 13.3 Å². The molecule has 1 saturated carbocycles. The number of hydrogen-bond acceptors (Lipinski definition) is 3. The summed E-state index contributed by atoms with van der Waals surface area (Å²) in [7, 11) is 0. The topological polar surface area (TPSA) is 104 Å². The third-order valence-electron chi connectivity index (χ3n) is 3.62. The molecule has 18 heavy (non-hydrogen) atoms. The van der Waals surface area contributed by atoms with E-state index < -0.39 is 35.7 Å². The van der Waals surface area contributed by atoms with Crippen LogP contribution in [0, 0.1) is 17.8 Å². The molecule has 0 saturated heterocycles. The molecule has 1 amide bonds. The zero-order chi connectivity index (χ0) is 13.9. The third-order valence-corrected chi connectivity index (χ3v) is 3.62. The lowest BCUT2D eigenvalue weighted by atomic mass is 9.95. The summed E-state index contributed by atoms with van der Waals surface area (Å²) in [5.41, 5.74) is 0. The molecule has 0 radical (unpaired) electrons. The summed E-state index contributed by atoms with van der Waals surface area (Å²) in [5, 5.41) is 20.2. The standard InChI is InChI=1S/C12H19NO5/c1-3-7-4-8(9(5-7)12(17)18)10(14)13-6(2)11(15)16/h6-9H,3-5H2,1-2H3,(H,13,14)(H,15,16)(H,17,18)/t6?,7?,8-,9+/m0/s1. The molecule has 1 fully saturated rings. The van der Waals surface area contributed by atoms with Crippen molar-refractivity contribution in [3.05, 3.63) is 0 Å². The molecule has 0 heterocycles. The Balaban J connectivity index is 2.70. The SMILES string of the molecule is CCC1C[C@H](C(=O)NC(C)C(=O)O)[C@H](C(=O)O)C1. The van der Waals surface area contributed by atoms with Crippen molar-refractivity contribution < 1.29 is 24.6 Å². The van der Waals surface area contributed by atoms with Crippen molar-refractivity contribution in [2.45, 2.75) is 39.2 Å². The first kappa shape index (κ1) is 14.5. The second-order valence-electron chi connectivity index (χ2n) is 4.87. The fourth-order valence-corrected chi connectivity index (χ4v) is 2.42. The highest BCUT2D eigenvalue weighted by atomic mass is 16.4. The Bertz CT molecular complexity index is 354. The molecule has 3 N–H and O–H groups in total. The summed E-state index contributed by atoms with van der Waals surface area (Å²) in [5.74, 6) is -3.66. The van der Waals surface area contributed by atoms with E-state index in [-0.39, 0.29) is 5.92 Å². The van der Waals surface area contributed by atoms with E-state index in [4.69, 9.17) is 10.2 Å². The monoisotopic (exact) mass is 257 g/mol. The molecule has 102 valence electrons. The van der Waals surface area contributed by atoms with Gasteiger partial charge in [0.2, 0.25) is 5.91 Å². The minimum absolute atomic E-state index is 0.224. The summed E-state index contributed by atoms with van der Waals surface area (Å²) in [6.45, 7) is 3.33. The van der Waals surface area contributed by atoms with Crippen molar-refractivity contribution in [1.82, 2.24) is 5.32 Å². The highest BCUT2D eigenvalue weighted by molar-refractivity contribution is 5.88. The number of carbonyl (C=O) groups excluding carboxylic acids is 1. The lowest BCUT2D eigenvalue weighted by Gasteiger charge is -2.17. The first-order valence-electron chi connectivity index (χ1n) is 6.12. The highest BCUT2D eigenvalue weighted by Crippen LogP contribution is 2.38. The van der Waals surface area contributed by atoms with Gasteiger partial charge in [-0.2, -0.15) is 0 Å². The number of amides is 1. The number of nitrogens with one attached hydrogen (secondary N) is 1. The van der Waals surface area contributed by atoms with Gasteiger partial charge in [0, 0.05) is 0 Å². The number of carboxylic acid groups (broad SMARTS) is 2. The average molecular weight is 257 g/mol. The van der Waals surface area contributed by atoms with Crippen LogP contribution < -0.4 is 5.32 Å². The van der Waals surface area contributed by atoms with Gasteiger partial charge in [-0.15, -0.1) is 0 Å². The highest BCUT2D eigenvalue weighted by Gasteiger charge is 2.42. The Kier molecular flexibility index (Phi) is 4.69. The van der Waals surface area contributed by atoms with E-state index in [1.807, 2.05) is 6.92 Å². The van der Waals surface area contributed by atoms with E-state index >= 15 is 0 Å². The quantitative estimate of drug-likeness (QED) is 0.673. The van der Waals surface area contributed by atoms with Gasteiger partial charge in [0.1, 0.15) is 6.04 Å². The Morgan fingerprint density at radius 1 is 1.22 bits per heavy atom. The van der Waals surface area contributed by atoms with Crippen LogP contribution in [0.5, 0.6) is 0 Å². The molecule has 0 aromatic heterocycles. The Morgan fingerprint density at radius 3 is 2.22 bits per heavy atom. The van der Waals surface area contributed by atoms with Gasteiger partial charge in [0.05, 0.1) is 11.8 Å². The molecule has 2 unspecified atom stereocenters. The van der Waals surface area contributed by atoms with E-state index in [1.165, 1.54) is 6.92 Å². The van der Waals surface area contributed by atoms with E-state index in [1.54, 1.807) is 0 Å². The first-order valence-corrected chi connectivity index (χ1v) is 6.12. The van der Waals surface area contributed by atoms with Crippen molar-refractivity contribution in [3.63, 3.8) is 0 Å². The van der Waals surface area contributed by atoms with Crippen LogP contribution in [-0.4, -0.2) is 34.1 Å². The van der Waals surface area contributed by atoms with Crippen LogP contribution in [0.25, 0.3) is 0 Å².